The van der Waals surface area contributed by atoms with Crippen molar-refractivity contribution in [3.8, 4) is 11.1 Å². The quantitative estimate of drug-likeness (QED) is 0.794. The molecule has 0 amide bonds. The van der Waals surface area contributed by atoms with Crippen LogP contribution >= 0.6 is 0 Å². The molecule has 0 spiro atoms. The highest BCUT2D eigenvalue weighted by Crippen LogP contribution is 2.42. The molecule has 2 nitrogen and oxygen atoms in total. The predicted molar refractivity (Wildman–Crippen MR) is 104 cm³/mol. The number of anilines is 2. The van der Waals surface area contributed by atoms with Gasteiger partial charge < -0.3 is 9.80 Å². The minimum absolute atomic E-state index is 0.569. The lowest BCUT2D eigenvalue weighted by molar-refractivity contribution is 0.710. The average Bonchev–Trinajstić information content (AvgIpc) is 3.18. The number of hydrogen-bond acceptors (Lipinski definition) is 2. The third-order valence-corrected chi connectivity index (χ3v) is 5.66. The van der Waals surface area contributed by atoms with E-state index in [0.29, 0.717) is 12.1 Å². The van der Waals surface area contributed by atoms with Gasteiger partial charge in [-0.2, -0.15) is 0 Å². The van der Waals surface area contributed by atoms with Gasteiger partial charge in [0, 0.05) is 36.5 Å². The van der Waals surface area contributed by atoms with E-state index in [1.807, 2.05) is 0 Å². The summed E-state index contributed by atoms with van der Waals surface area (Å²) in [5.41, 5.74) is 8.89. The molecule has 2 aromatic rings. The van der Waals surface area contributed by atoms with Crippen LogP contribution in [0.5, 0.6) is 0 Å². The van der Waals surface area contributed by atoms with E-state index in [9.17, 15) is 0 Å². The third kappa shape index (κ3) is 2.31. The van der Waals surface area contributed by atoms with Crippen molar-refractivity contribution in [2.45, 2.75) is 52.6 Å². The second kappa shape index (κ2) is 5.84. The standard InChI is InChI=1S/C22H28N2/c1-15(2)23-13-11-19-17(7-5-9-21(19)23)18-8-6-10-22-20(18)12-14-24(22)16(3)4/h5-10,15-16H,11-14H2,1-4H3. The molecule has 0 aromatic heterocycles. The Labute approximate surface area is 146 Å². The Morgan fingerprint density at radius 2 is 1.08 bits per heavy atom. The van der Waals surface area contributed by atoms with Crippen LogP contribution < -0.4 is 9.80 Å². The summed E-state index contributed by atoms with van der Waals surface area (Å²) in [6.45, 7) is 11.5. The first kappa shape index (κ1) is 15.6. The number of hydrogen-bond donors (Lipinski definition) is 0. The molecule has 24 heavy (non-hydrogen) atoms. The molecule has 0 radical (unpaired) electrons. The van der Waals surface area contributed by atoms with Gasteiger partial charge in [0.25, 0.3) is 0 Å². The largest absolute Gasteiger partial charge is 0.369 e. The van der Waals surface area contributed by atoms with Crippen LogP contribution in [0.25, 0.3) is 11.1 Å². The van der Waals surface area contributed by atoms with Gasteiger partial charge in [-0.05, 0) is 74.9 Å². The monoisotopic (exact) mass is 320 g/mol. The molecular weight excluding hydrogens is 292 g/mol. The molecule has 4 rings (SSSR count). The van der Waals surface area contributed by atoms with E-state index < -0.39 is 0 Å². The normalized spacial score (nSPS) is 16.2. The number of benzene rings is 2. The van der Waals surface area contributed by atoms with Gasteiger partial charge in [0.05, 0.1) is 0 Å². The second-order valence-corrected chi connectivity index (χ2v) is 7.68. The summed E-state index contributed by atoms with van der Waals surface area (Å²) < 4.78 is 0. The van der Waals surface area contributed by atoms with E-state index in [4.69, 9.17) is 0 Å². The molecule has 2 aliphatic heterocycles. The van der Waals surface area contributed by atoms with Gasteiger partial charge in [0.15, 0.2) is 0 Å². The maximum Gasteiger partial charge on any atom is 0.0408 e. The molecular formula is C22H28N2. The molecule has 126 valence electrons. The summed E-state index contributed by atoms with van der Waals surface area (Å²) in [5, 5.41) is 0. The Morgan fingerprint density at radius 3 is 1.46 bits per heavy atom. The van der Waals surface area contributed by atoms with Crippen molar-refractivity contribution in [2.75, 3.05) is 22.9 Å². The van der Waals surface area contributed by atoms with Crippen LogP contribution in [0.3, 0.4) is 0 Å². The van der Waals surface area contributed by atoms with Crippen LogP contribution in [-0.4, -0.2) is 25.2 Å². The van der Waals surface area contributed by atoms with Crippen molar-refractivity contribution in [2.24, 2.45) is 0 Å². The first-order valence-corrected chi connectivity index (χ1v) is 9.35. The highest BCUT2D eigenvalue weighted by Gasteiger charge is 2.27. The van der Waals surface area contributed by atoms with Gasteiger partial charge in [-0.15, -0.1) is 0 Å². The van der Waals surface area contributed by atoms with E-state index in [1.54, 1.807) is 11.1 Å². The molecule has 2 heterocycles. The smallest absolute Gasteiger partial charge is 0.0408 e. The summed E-state index contributed by atoms with van der Waals surface area (Å²) in [4.78, 5) is 5.09. The fraction of sp³-hybridized carbons (Fsp3) is 0.455. The van der Waals surface area contributed by atoms with Crippen molar-refractivity contribution in [1.82, 2.24) is 0 Å². The van der Waals surface area contributed by atoms with Crippen LogP contribution in [0.1, 0.15) is 38.8 Å². The predicted octanol–water partition coefficient (Wildman–Crippen LogP) is 4.90. The van der Waals surface area contributed by atoms with Gasteiger partial charge >= 0.3 is 0 Å². The van der Waals surface area contributed by atoms with Gasteiger partial charge in [-0.3, -0.25) is 0 Å². The van der Waals surface area contributed by atoms with Crippen molar-refractivity contribution in [1.29, 1.82) is 0 Å². The Hall–Kier alpha value is -1.96. The van der Waals surface area contributed by atoms with E-state index >= 15 is 0 Å². The number of nitrogens with zero attached hydrogens (tertiary/aromatic N) is 2. The third-order valence-electron chi connectivity index (χ3n) is 5.66. The molecule has 0 unspecified atom stereocenters. The lowest BCUT2D eigenvalue weighted by Crippen LogP contribution is -2.28. The maximum atomic E-state index is 2.54. The molecule has 2 aromatic carbocycles. The van der Waals surface area contributed by atoms with E-state index in [0.717, 1.165) is 13.1 Å². The lowest BCUT2D eigenvalue weighted by atomic mass is 9.93. The number of fused-ring (bicyclic) bond motifs is 2. The summed E-state index contributed by atoms with van der Waals surface area (Å²) in [6.07, 6.45) is 2.34. The Bertz CT molecular complexity index is 695. The topological polar surface area (TPSA) is 6.48 Å². The molecule has 0 aliphatic carbocycles. The molecule has 2 aliphatic rings. The Balaban J connectivity index is 1.83. The highest BCUT2D eigenvalue weighted by molar-refractivity contribution is 5.82. The van der Waals surface area contributed by atoms with Crippen molar-refractivity contribution in [3.05, 3.63) is 47.5 Å². The summed E-state index contributed by atoms with van der Waals surface area (Å²) in [6, 6.07) is 14.9. The molecule has 0 saturated carbocycles. The maximum absolute atomic E-state index is 2.54. The minimum atomic E-state index is 0.569. The van der Waals surface area contributed by atoms with Crippen LogP contribution in [0, 0.1) is 0 Å². The van der Waals surface area contributed by atoms with E-state index in [1.165, 1.54) is 35.3 Å². The molecule has 0 saturated heterocycles. The van der Waals surface area contributed by atoms with Gasteiger partial charge in [0.1, 0.15) is 0 Å². The van der Waals surface area contributed by atoms with Gasteiger partial charge in [0.2, 0.25) is 0 Å². The van der Waals surface area contributed by atoms with Crippen molar-refractivity contribution in [3.63, 3.8) is 0 Å². The zero-order valence-electron chi connectivity index (χ0n) is 15.3. The number of rotatable bonds is 3. The summed E-state index contributed by atoms with van der Waals surface area (Å²) in [7, 11) is 0. The fourth-order valence-electron chi connectivity index (χ4n) is 4.50. The van der Waals surface area contributed by atoms with Crippen molar-refractivity contribution < 1.29 is 0 Å². The average molecular weight is 320 g/mol. The SMILES string of the molecule is CC(C)N1CCc2c(-c3cccc4c3CCN4C(C)C)cccc21. The molecule has 2 heteroatoms. The zero-order valence-corrected chi connectivity index (χ0v) is 15.3. The lowest BCUT2D eigenvalue weighted by Gasteiger charge is -2.25. The zero-order chi connectivity index (χ0) is 16.8. The van der Waals surface area contributed by atoms with Crippen molar-refractivity contribution >= 4 is 11.4 Å². The summed E-state index contributed by atoms with van der Waals surface area (Å²) in [5.74, 6) is 0. The molecule has 0 N–H and O–H groups in total. The van der Waals surface area contributed by atoms with Crippen LogP contribution in [0.2, 0.25) is 0 Å². The molecule has 0 fully saturated rings. The van der Waals surface area contributed by atoms with Crippen LogP contribution in [0.15, 0.2) is 36.4 Å². The van der Waals surface area contributed by atoms with Gasteiger partial charge in [-0.1, -0.05) is 24.3 Å². The van der Waals surface area contributed by atoms with E-state index in [2.05, 4.69) is 73.9 Å². The first-order valence-electron chi connectivity index (χ1n) is 9.35. The Kier molecular flexibility index (Phi) is 3.79. The highest BCUT2D eigenvalue weighted by atomic mass is 15.2. The van der Waals surface area contributed by atoms with Gasteiger partial charge in [-0.25, -0.2) is 0 Å². The summed E-state index contributed by atoms with van der Waals surface area (Å²) >= 11 is 0. The Morgan fingerprint density at radius 1 is 0.667 bits per heavy atom. The molecule has 0 atom stereocenters. The second-order valence-electron chi connectivity index (χ2n) is 7.68. The first-order chi connectivity index (χ1) is 11.6. The molecule has 0 bridgehead atoms. The minimum Gasteiger partial charge on any atom is -0.369 e. The van der Waals surface area contributed by atoms with Crippen LogP contribution in [0.4, 0.5) is 11.4 Å². The van der Waals surface area contributed by atoms with E-state index in [-0.39, 0.29) is 0 Å². The van der Waals surface area contributed by atoms with Crippen LogP contribution in [-0.2, 0) is 12.8 Å². The fourth-order valence-corrected chi connectivity index (χ4v) is 4.50.